The highest BCUT2D eigenvalue weighted by Crippen LogP contribution is 2.24. The summed E-state index contributed by atoms with van der Waals surface area (Å²) in [5, 5.41) is 0.829. The lowest BCUT2D eigenvalue weighted by atomic mass is 10.0. The van der Waals surface area contributed by atoms with Gasteiger partial charge in [0.05, 0.1) is 6.61 Å². The maximum atomic E-state index is 12.4. The molecule has 0 unspecified atom stereocenters. The number of fused-ring (bicyclic) bond motifs is 1. The molecule has 29 heavy (non-hydrogen) atoms. The molecule has 5 nitrogen and oxygen atoms in total. The minimum atomic E-state index is -0.430. The molecule has 3 rings (SSSR count). The standard InChI is InChI=1S/C24H24O5/c1-3-27-23(25)14-13-21-17(2)20-12-11-19(16-22(20)29-24(21)26)28-15-7-10-18-8-5-4-6-9-18/h4-12,16H,3,13-15H2,1-2H3/b10-7+. The van der Waals surface area contributed by atoms with E-state index in [4.69, 9.17) is 13.9 Å². The average molecular weight is 392 g/mol. The molecule has 1 aromatic heterocycles. The highest BCUT2D eigenvalue weighted by Gasteiger charge is 2.14. The lowest BCUT2D eigenvalue weighted by Crippen LogP contribution is -2.13. The van der Waals surface area contributed by atoms with Gasteiger partial charge in [-0.05, 0) is 49.6 Å². The molecule has 0 aliphatic rings. The van der Waals surface area contributed by atoms with Gasteiger partial charge < -0.3 is 13.9 Å². The van der Waals surface area contributed by atoms with Crippen molar-refractivity contribution in [1.29, 1.82) is 0 Å². The van der Waals surface area contributed by atoms with E-state index in [0.717, 1.165) is 16.5 Å². The first-order chi connectivity index (χ1) is 14.1. The maximum Gasteiger partial charge on any atom is 0.339 e. The van der Waals surface area contributed by atoms with Crippen molar-refractivity contribution in [3.05, 3.63) is 81.7 Å². The maximum absolute atomic E-state index is 12.4. The van der Waals surface area contributed by atoms with Gasteiger partial charge in [0.2, 0.25) is 0 Å². The summed E-state index contributed by atoms with van der Waals surface area (Å²) in [6, 6.07) is 15.4. The average Bonchev–Trinajstić information content (AvgIpc) is 2.72. The molecular formula is C24H24O5. The van der Waals surface area contributed by atoms with Crippen molar-refractivity contribution in [2.45, 2.75) is 26.7 Å². The predicted molar refractivity (Wildman–Crippen MR) is 113 cm³/mol. The molecule has 0 fully saturated rings. The molecule has 0 aliphatic carbocycles. The van der Waals surface area contributed by atoms with Gasteiger partial charge in [-0.1, -0.05) is 36.4 Å². The smallest absolute Gasteiger partial charge is 0.339 e. The predicted octanol–water partition coefficient (Wildman–Crippen LogP) is 4.69. The van der Waals surface area contributed by atoms with E-state index < -0.39 is 5.63 Å². The third-order valence-corrected chi connectivity index (χ3v) is 4.60. The molecule has 0 atom stereocenters. The normalized spacial score (nSPS) is 11.1. The van der Waals surface area contributed by atoms with Crippen LogP contribution in [0.15, 0.2) is 63.8 Å². The van der Waals surface area contributed by atoms with Gasteiger partial charge in [-0.2, -0.15) is 0 Å². The van der Waals surface area contributed by atoms with Crippen LogP contribution >= 0.6 is 0 Å². The van der Waals surface area contributed by atoms with Gasteiger partial charge in [0.15, 0.2) is 0 Å². The molecule has 0 N–H and O–H groups in total. The quantitative estimate of drug-likeness (QED) is 0.411. The summed E-state index contributed by atoms with van der Waals surface area (Å²) >= 11 is 0. The fraction of sp³-hybridized carbons (Fsp3) is 0.250. The molecule has 0 saturated carbocycles. The monoisotopic (exact) mass is 392 g/mol. The van der Waals surface area contributed by atoms with Gasteiger partial charge in [-0.3, -0.25) is 4.79 Å². The van der Waals surface area contributed by atoms with E-state index >= 15 is 0 Å². The van der Waals surface area contributed by atoms with Crippen LogP contribution in [-0.4, -0.2) is 19.2 Å². The largest absolute Gasteiger partial charge is 0.489 e. The minimum absolute atomic E-state index is 0.153. The second-order valence-corrected chi connectivity index (χ2v) is 6.58. The van der Waals surface area contributed by atoms with Crippen LogP contribution in [0, 0.1) is 6.92 Å². The molecule has 0 aliphatic heterocycles. The van der Waals surface area contributed by atoms with Crippen LogP contribution in [0.4, 0.5) is 0 Å². The first-order valence-corrected chi connectivity index (χ1v) is 9.65. The van der Waals surface area contributed by atoms with Crippen molar-refractivity contribution in [2.24, 2.45) is 0 Å². The van der Waals surface area contributed by atoms with E-state index in [9.17, 15) is 9.59 Å². The van der Waals surface area contributed by atoms with Crippen molar-refractivity contribution in [3.63, 3.8) is 0 Å². The van der Waals surface area contributed by atoms with Crippen molar-refractivity contribution in [1.82, 2.24) is 0 Å². The zero-order chi connectivity index (χ0) is 20.6. The molecule has 5 heteroatoms. The summed E-state index contributed by atoms with van der Waals surface area (Å²) in [6.07, 6.45) is 4.37. The van der Waals surface area contributed by atoms with Crippen LogP contribution in [0.3, 0.4) is 0 Å². The molecule has 0 spiro atoms. The highest BCUT2D eigenvalue weighted by molar-refractivity contribution is 5.82. The first-order valence-electron chi connectivity index (χ1n) is 9.65. The van der Waals surface area contributed by atoms with Crippen LogP contribution in [0.25, 0.3) is 17.0 Å². The van der Waals surface area contributed by atoms with E-state index in [1.54, 1.807) is 13.0 Å². The molecule has 2 aromatic carbocycles. The molecule has 150 valence electrons. The Kier molecular flexibility index (Phi) is 6.85. The second-order valence-electron chi connectivity index (χ2n) is 6.58. The molecule has 1 heterocycles. The summed E-state index contributed by atoms with van der Waals surface area (Å²) in [5.41, 5.74) is 2.46. The van der Waals surface area contributed by atoms with Gasteiger partial charge in [0.1, 0.15) is 17.9 Å². The lowest BCUT2D eigenvalue weighted by molar-refractivity contribution is -0.143. The van der Waals surface area contributed by atoms with Gasteiger partial charge in [0, 0.05) is 23.4 Å². The Morgan fingerprint density at radius 1 is 1.14 bits per heavy atom. The molecule has 0 bridgehead atoms. The van der Waals surface area contributed by atoms with Gasteiger partial charge in [-0.25, -0.2) is 4.79 Å². The van der Waals surface area contributed by atoms with Crippen molar-refractivity contribution < 1.29 is 18.7 Å². The number of carbonyl (C=O) groups excluding carboxylic acids is 1. The third-order valence-electron chi connectivity index (χ3n) is 4.60. The SMILES string of the molecule is CCOC(=O)CCc1c(C)c2ccc(OC/C=C/c3ccccc3)cc2oc1=O. The van der Waals surface area contributed by atoms with Crippen molar-refractivity contribution in [2.75, 3.05) is 13.2 Å². The van der Waals surface area contributed by atoms with E-state index in [1.165, 1.54) is 0 Å². The second kappa shape index (κ2) is 9.73. The Morgan fingerprint density at radius 2 is 1.93 bits per heavy atom. The van der Waals surface area contributed by atoms with Gasteiger partial charge in [0.25, 0.3) is 0 Å². The Hall–Kier alpha value is -3.34. The summed E-state index contributed by atoms with van der Waals surface area (Å²) in [7, 11) is 0. The summed E-state index contributed by atoms with van der Waals surface area (Å²) in [6.45, 7) is 4.35. The molecule has 0 radical (unpaired) electrons. The van der Waals surface area contributed by atoms with Crippen molar-refractivity contribution >= 4 is 23.0 Å². The number of ether oxygens (including phenoxy) is 2. The van der Waals surface area contributed by atoms with Crippen LogP contribution < -0.4 is 10.4 Å². The first kappa shape index (κ1) is 20.4. The van der Waals surface area contributed by atoms with E-state index in [-0.39, 0.29) is 12.4 Å². The van der Waals surface area contributed by atoms with Gasteiger partial charge >= 0.3 is 11.6 Å². The lowest BCUT2D eigenvalue weighted by Gasteiger charge is -2.09. The Labute approximate surface area is 169 Å². The molecule has 3 aromatic rings. The van der Waals surface area contributed by atoms with E-state index in [1.807, 2.05) is 61.5 Å². The van der Waals surface area contributed by atoms with Crippen LogP contribution in [0.1, 0.15) is 30.0 Å². The summed E-state index contributed by atoms with van der Waals surface area (Å²) < 4.78 is 16.1. The van der Waals surface area contributed by atoms with Gasteiger partial charge in [-0.15, -0.1) is 0 Å². The van der Waals surface area contributed by atoms with Crippen LogP contribution in [0.5, 0.6) is 5.75 Å². The zero-order valence-corrected chi connectivity index (χ0v) is 16.6. The minimum Gasteiger partial charge on any atom is -0.489 e. The Balaban J connectivity index is 1.71. The number of benzene rings is 2. The van der Waals surface area contributed by atoms with Crippen LogP contribution in [-0.2, 0) is 16.0 Å². The fourth-order valence-corrected chi connectivity index (χ4v) is 3.11. The topological polar surface area (TPSA) is 65.7 Å². The fourth-order valence-electron chi connectivity index (χ4n) is 3.11. The number of aryl methyl sites for hydroxylation is 1. The number of carbonyl (C=O) groups is 1. The number of esters is 1. The number of rotatable bonds is 8. The molecule has 0 amide bonds. The molecule has 0 saturated heterocycles. The zero-order valence-electron chi connectivity index (χ0n) is 16.6. The number of hydrogen-bond acceptors (Lipinski definition) is 5. The summed E-state index contributed by atoms with van der Waals surface area (Å²) in [5.74, 6) is 0.302. The van der Waals surface area contributed by atoms with Crippen LogP contribution in [0.2, 0.25) is 0 Å². The van der Waals surface area contributed by atoms with E-state index in [2.05, 4.69) is 0 Å². The third kappa shape index (κ3) is 5.35. The highest BCUT2D eigenvalue weighted by atomic mass is 16.5. The van der Waals surface area contributed by atoms with Crippen molar-refractivity contribution in [3.8, 4) is 5.75 Å². The number of hydrogen-bond donors (Lipinski definition) is 0. The Morgan fingerprint density at radius 3 is 2.69 bits per heavy atom. The summed E-state index contributed by atoms with van der Waals surface area (Å²) in [4.78, 5) is 24.0. The Bertz CT molecular complexity index is 1060. The molecular weight excluding hydrogens is 368 g/mol. The van der Waals surface area contributed by atoms with E-state index in [0.29, 0.717) is 36.5 Å².